The van der Waals surface area contributed by atoms with Gasteiger partial charge >= 0.3 is 8.03 Å². The summed E-state index contributed by atoms with van der Waals surface area (Å²) < 4.78 is 15.5. The van der Waals surface area contributed by atoms with Crippen molar-refractivity contribution in [1.82, 2.24) is 0 Å². The van der Waals surface area contributed by atoms with E-state index in [2.05, 4.69) is 0 Å². The molecule has 3 nitrogen and oxygen atoms in total. The maximum atomic E-state index is 10.6. The van der Waals surface area contributed by atoms with Crippen LogP contribution < -0.4 is 0 Å². The average Bonchev–Trinajstić information content (AvgIpc) is 1.99. The van der Waals surface area contributed by atoms with Crippen LogP contribution >= 0.6 is 8.03 Å². The Balaban J connectivity index is 3.26. The number of hydrogen-bond acceptors (Lipinski definition) is 3. The quantitative estimate of drug-likeness (QED) is 0.628. The Kier molecular flexibility index (Phi) is 5.79. The van der Waals surface area contributed by atoms with E-state index < -0.39 is 14.1 Å². The van der Waals surface area contributed by atoms with E-state index in [0.29, 0.717) is 12.6 Å². The van der Waals surface area contributed by atoms with Gasteiger partial charge in [-0.15, -0.1) is 4.52 Å². The fourth-order valence-electron chi connectivity index (χ4n) is 0.378. The molecule has 0 aromatic carbocycles. The van der Waals surface area contributed by atoms with E-state index in [-0.39, 0.29) is 6.61 Å². The minimum Gasteiger partial charge on any atom is -0.391 e. The Hall–Kier alpha value is 0.0200. The first kappa shape index (κ1) is 10.0. The van der Waals surface area contributed by atoms with Gasteiger partial charge in [-0.05, 0) is 17.9 Å². The molecule has 0 aliphatic heterocycles. The zero-order valence-electron chi connectivity index (χ0n) is 6.41. The Morgan fingerprint density at radius 2 is 2.20 bits per heavy atom. The van der Waals surface area contributed by atoms with E-state index in [4.69, 9.17) is 9.63 Å². The zero-order valence-corrected chi connectivity index (χ0v) is 7.30. The number of rotatable bonds is 5. The smallest absolute Gasteiger partial charge is 0.391 e. The Bertz CT molecular complexity index is 105. The molecule has 0 aliphatic carbocycles. The van der Waals surface area contributed by atoms with Gasteiger partial charge in [0.15, 0.2) is 6.16 Å². The van der Waals surface area contributed by atoms with Crippen molar-refractivity contribution in [3.8, 4) is 0 Å². The van der Waals surface area contributed by atoms with Crippen LogP contribution in [-0.2, 0) is 9.09 Å². The molecule has 4 heteroatoms. The van der Waals surface area contributed by atoms with Gasteiger partial charge in [0.2, 0.25) is 0 Å². The molecule has 0 fully saturated rings. The number of hydrogen-bond donors (Lipinski definition) is 1. The van der Waals surface area contributed by atoms with Crippen LogP contribution in [0.25, 0.3) is 0 Å². The molecule has 0 radical (unpaired) electrons. The summed E-state index contributed by atoms with van der Waals surface area (Å²) in [4.78, 5) is 0. The first-order valence-corrected chi connectivity index (χ1v) is 4.82. The first-order chi connectivity index (χ1) is 4.70. The molecule has 0 aliphatic rings. The lowest BCUT2D eigenvalue weighted by atomic mass is 10.3. The normalized spacial score (nSPS) is 14.9. The van der Waals surface area contributed by atoms with Crippen molar-refractivity contribution in [1.29, 1.82) is 0 Å². The summed E-state index contributed by atoms with van der Waals surface area (Å²) in [5.41, 5.74) is 0. The Morgan fingerprint density at radius 1 is 1.60 bits per heavy atom. The molecule has 10 heavy (non-hydrogen) atoms. The minimum absolute atomic E-state index is 0.194. The third kappa shape index (κ3) is 4.86. The van der Waals surface area contributed by atoms with Crippen molar-refractivity contribution in [2.75, 3.05) is 12.8 Å². The molecular weight excluding hydrogens is 151 g/mol. The van der Waals surface area contributed by atoms with E-state index in [0.717, 1.165) is 0 Å². The molecule has 0 saturated carbocycles. The molecule has 0 saturated heterocycles. The van der Waals surface area contributed by atoms with Gasteiger partial charge in [0.05, 0.1) is 6.10 Å². The van der Waals surface area contributed by atoms with Crippen LogP contribution in [-0.4, -0.2) is 24.0 Å². The van der Waals surface area contributed by atoms with Gasteiger partial charge in [-0.3, -0.25) is 0 Å². The maximum Gasteiger partial charge on any atom is 0.507 e. The molecule has 0 aromatic rings. The van der Waals surface area contributed by atoms with E-state index in [1.807, 2.05) is 6.92 Å². The highest BCUT2D eigenvalue weighted by Gasteiger charge is 2.14. The van der Waals surface area contributed by atoms with Gasteiger partial charge in [0.25, 0.3) is 0 Å². The molecule has 0 heterocycles. The van der Waals surface area contributed by atoms with E-state index in [1.54, 1.807) is 6.92 Å². The van der Waals surface area contributed by atoms with Gasteiger partial charge in [-0.2, -0.15) is 0 Å². The molecule has 1 N–H and O–H groups in total. The van der Waals surface area contributed by atoms with Gasteiger partial charge in [-0.25, -0.2) is 0 Å². The SMILES string of the molecule is CCC(O)CO[P+](=O)CC. The van der Waals surface area contributed by atoms with Crippen LogP contribution in [0.2, 0.25) is 0 Å². The largest absolute Gasteiger partial charge is 0.507 e. The van der Waals surface area contributed by atoms with Crippen LogP contribution in [0.5, 0.6) is 0 Å². The maximum absolute atomic E-state index is 10.6. The first-order valence-electron chi connectivity index (χ1n) is 3.46. The summed E-state index contributed by atoms with van der Waals surface area (Å²) in [5, 5.41) is 8.95. The van der Waals surface area contributed by atoms with Gasteiger partial charge in [-0.1, -0.05) is 6.92 Å². The second-order valence-electron chi connectivity index (χ2n) is 2.01. The van der Waals surface area contributed by atoms with Gasteiger partial charge in [0, 0.05) is 0 Å². The topological polar surface area (TPSA) is 46.5 Å². The minimum atomic E-state index is -1.53. The van der Waals surface area contributed by atoms with E-state index in [9.17, 15) is 4.57 Å². The standard InChI is InChI=1S/C6H14O3P/c1-3-6(7)5-9-10(8)4-2/h6-7H,3-5H2,1-2H3/q+1. The molecule has 0 amide bonds. The lowest BCUT2D eigenvalue weighted by Gasteiger charge is -1.99. The molecular formula is C6H14O3P+. The molecule has 0 bridgehead atoms. The van der Waals surface area contributed by atoms with Crippen LogP contribution in [0, 0.1) is 0 Å². The van der Waals surface area contributed by atoms with Crippen molar-refractivity contribution in [2.45, 2.75) is 26.4 Å². The summed E-state index contributed by atoms with van der Waals surface area (Å²) in [6.45, 7) is 3.84. The Morgan fingerprint density at radius 3 is 2.60 bits per heavy atom. The molecule has 0 aromatic heterocycles. The van der Waals surface area contributed by atoms with Crippen molar-refractivity contribution in [3.05, 3.63) is 0 Å². The van der Waals surface area contributed by atoms with Gasteiger partial charge in [0.1, 0.15) is 6.61 Å². The molecule has 2 atom stereocenters. The predicted octanol–water partition coefficient (Wildman–Crippen LogP) is 1.54. The summed E-state index contributed by atoms with van der Waals surface area (Å²) >= 11 is 0. The molecule has 0 spiro atoms. The fourth-order valence-corrected chi connectivity index (χ4v) is 0.899. The lowest BCUT2D eigenvalue weighted by Crippen LogP contribution is -2.11. The monoisotopic (exact) mass is 165 g/mol. The fraction of sp³-hybridized carbons (Fsp3) is 1.00. The van der Waals surface area contributed by atoms with Crippen molar-refractivity contribution in [3.63, 3.8) is 0 Å². The average molecular weight is 165 g/mol. The van der Waals surface area contributed by atoms with E-state index >= 15 is 0 Å². The summed E-state index contributed by atoms with van der Waals surface area (Å²) in [6.07, 6.45) is 0.698. The van der Waals surface area contributed by atoms with Crippen LogP contribution in [0.15, 0.2) is 0 Å². The highest BCUT2D eigenvalue weighted by atomic mass is 31.1. The third-order valence-electron chi connectivity index (χ3n) is 1.14. The predicted molar refractivity (Wildman–Crippen MR) is 40.4 cm³/mol. The van der Waals surface area contributed by atoms with Gasteiger partial charge < -0.3 is 5.11 Å². The van der Waals surface area contributed by atoms with Crippen molar-refractivity contribution >= 4 is 8.03 Å². The molecule has 0 rings (SSSR count). The second kappa shape index (κ2) is 5.78. The van der Waals surface area contributed by atoms with E-state index in [1.165, 1.54) is 0 Å². The number of aliphatic hydroxyl groups excluding tert-OH is 1. The molecule has 60 valence electrons. The van der Waals surface area contributed by atoms with Crippen LogP contribution in [0.1, 0.15) is 20.3 Å². The Labute approximate surface area is 62.3 Å². The van der Waals surface area contributed by atoms with Crippen molar-refractivity contribution < 1.29 is 14.2 Å². The molecule has 2 unspecified atom stereocenters. The lowest BCUT2D eigenvalue weighted by molar-refractivity contribution is 0.108. The summed E-state index contributed by atoms with van der Waals surface area (Å²) in [6, 6.07) is 0. The zero-order chi connectivity index (χ0) is 7.98. The highest BCUT2D eigenvalue weighted by molar-refractivity contribution is 7.39. The van der Waals surface area contributed by atoms with Crippen LogP contribution in [0.3, 0.4) is 0 Å². The third-order valence-corrected chi connectivity index (χ3v) is 2.09. The summed E-state index contributed by atoms with van der Waals surface area (Å²) in [7, 11) is -1.53. The second-order valence-corrected chi connectivity index (χ2v) is 3.56. The highest BCUT2D eigenvalue weighted by Crippen LogP contribution is 2.20. The van der Waals surface area contributed by atoms with Crippen LogP contribution in [0.4, 0.5) is 0 Å². The number of aliphatic hydroxyl groups is 1. The van der Waals surface area contributed by atoms with Crippen molar-refractivity contribution in [2.24, 2.45) is 0 Å². The summed E-state index contributed by atoms with van der Waals surface area (Å²) in [5.74, 6) is 0.